The van der Waals surface area contributed by atoms with Gasteiger partial charge < -0.3 is 9.90 Å². The van der Waals surface area contributed by atoms with Gasteiger partial charge in [-0.25, -0.2) is 4.79 Å². The predicted molar refractivity (Wildman–Crippen MR) is 64.9 cm³/mol. The van der Waals surface area contributed by atoms with Gasteiger partial charge in [-0.1, -0.05) is 38.5 Å². The van der Waals surface area contributed by atoms with Gasteiger partial charge in [0.2, 0.25) is 5.78 Å². The molecule has 0 amide bonds. The molecular formula is C13H22O4. The highest BCUT2D eigenvalue weighted by molar-refractivity contribution is 6.32. The van der Waals surface area contributed by atoms with Crippen molar-refractivity contribution in [3.8, 4) is 0 Å². The summed E-state index contributed by atoms with van der Waals surface area (Å²) in [5.74, 6) is -2.00. The highest BCUT2D eigenvalue weighted by atomic mass is 16.4. The molecule has 0 radical (unpaired) electrons. The maximum absolute atomic E-state index is 10.8. The number of unbranched alkanes of at least 4 members (excludes halogenated alkanes) is 8. The molecule has 0 aliphatic carbocycles. The average Bonchev–Trinajstić information content (AvgIpc) is 2.31. The number of ketones is 1. The van der Waals surface area contributed by atoms with Crippen LogP contribution in [0.25, 0.3) is 0 Å². The summed E-state index contributed by atoms with van der Waals surface area (Å²) >= 11 is 0. The highest BCUT2D eigenvalue weighted by Gasteiger charge is 2.09. The fraction of sp³-hybridized carbons (Fsp3) is 0.769. The summed E-state index contributed by atoms with van der Waals surface area (Å²) in [6.45, 7) is 0. The maximum atomic E-state index is 10.8. The number of aldehydes is 1. The van der Waals surface area contributed by atoms with E-state index in [0.717, 1.165) is 51.2 Å². The molecule has 0 aromatic rings. The molecule has 98 valence electrons. The molecule has 0 saturated heterocycles. The molecule has 0 aliphatic rings. The lowest BCUT2D eigenvalue weighted by Crippen LogP contribution is -2.11. The predicted octanol–water partition coefficient (Wildman–Crippen LogP) is 2.74. The third-order valence-corrected chi connectivity index (χ3v) is 2.71. The molecule has 0 aromatic carbocycles. The number of aliphatic carboxylic acids is 1. The van der Waals surface area contributed by atoms with Crippen LogP contribution in [-0.2, 0) is 14.4 Å². The van der Waals surface area contributed by atoms with Crippen LogP contribution in [0.5, 0.6) is 0 Å². The summed E-state index contributed by atoms with van der Waals surface area (Å²) in [7, 11) is 0. The van der Waals surface area contributed by atoms with Crippen LogP contribution in [0.2, 0.25) is 0 Å². The monoisotopic (exact) mass is 242 g/mol. The van der Waals surface area contributed by atoms with E-state index in [-0.39, 0.29) is 6.42 Å². The molecule has 17 heavy (non-hydrogen) atoms. The van der Waals surface area contributed by atoms with Gasteiger partial charge >= 0.3 is 5.97 Å². The van der Waals surface area contributed by atoms with Crippen LogP contribution < -0.4 is 0 Å². The molecule has 0 aromatic heterocycles. The number of carboxylic acids is 1. The van der Waals surface area contributed by atoms with E-state index in [2.05, 4.69) is 0 Å². The van der Waals surface area contributed by atoms with E-state index in [1.807, 2.05) is 0 Å². The van der Waals surface area contributed by atoms with E-state index in [1.165, 1.54) is 0 Å². The number of hydrogen-bond acceptors (Lipinski definition) is 3. The van der Waals surface area contributed by atoms with Gasteiger partial charge in [0, 0.05) is 12.8 Å². The summed E-state index contributed by atoms with van der Waals surface area (Å²) < 4.78 is 0. The van der Waals surface area contributed by atoms with E-state index in [4.69, 9.17) is 5.11 Å². The Hall–Kier alpha value is -1.19. The van der Waals surface area contributed by atoms with Crippen LogP contribution in [0.1, 0.15) is 64.2 Å². The maximum Gasteiger partial charge on any atom is 0.372 e. The summed E-state index contributed by atoms with van der Waals surface area (Å²) in [5.41, 5.74) is 0. The first-order chi connectivity index (χ1) is 8.18. The first-order valence-corrected chi connectivity index (χ1v) is 6.38. The van der Waals surface area contributed by atoms with Gasteiger partial charge in [-0.15, -0.1) is 0 Å². The molecule has 4 nitrogen and oxygen atoms in total. The van der Waals surface area contributed by atoms with Crippen molar-refractivity contribution in [2.45, 2.75) is 64.2 Å². The van der Waals surface area contributed by atoms with Crippen LogP contribution in [-0.4, -0.2) is 23.1 Å². The van der Waals surface area contributed by atoms with E-state index < -0.39 is 11.8 Å². The summed E-state index contributed by atoms with van der Waals surface area (Å²) in [6.07, 6.45) is 9.97. The lowest BCUT2D eigenvalue weighted by Gasteiger charge is -2.00. The first kappa shape index (κ1) is 15.8. The standard InChI is InChI=1S/C13H22O4/c14-11-9-7-5-3-1-2-4-6-8-10-12(15)13(16)17/h11H,1-10H2,(H,16,17). The van der Waals surface area contributed by atoms with Crippen molar-refractivity contribution in [3.05, 3.63) is 0 Å². The summed E-state index contributed by atoms with van der Waals surface area (Å²) in [4.78, 5) is 31.0. The fourth-order valence-corrected chi connectivity index (χ4v) is 1.68. The van der Waals surface area contributed by atoms with Gasteiger partial charge in [0.1, 0.15) is 6.29 Å². The third-order valence-electron chi connectivity index (χ3n) is 2.71. The number of carbonyl (C=O) groups is 3. The highest BCUT2D eigenvalue weighted by Crippen LogP contribution is 2.10. The van der Waals surface area contributed by atoms with Gasteiger partial charge in [0.15, 0.2) is 0 Å². The molecule has 0 bridgehead atoms. The van der Waals surface area contributed by atoms with Crippen LogP contribution >= 0.6 is 0 Å². The molecule has 1 N–H and O–H groups in total. The molecule has 0 saturated carbocycles. The van der Waals surface area contributed by atoms with Gasteiger partial charge in [-0.3, -0.25) is 4.79 Å². The zero-order valence-corrected chi connectivity index (χ0v) is 10.3. The molecule has 0 fully saturated rings. The minimum Gasteiger partial charge on any atom is -0.476 e. The topological polar surface area (TPSA) is 71.4 Å². The Morgan fingerprint density at radius 3 is 1.76 bits per heavy atom. The van der Waals surface area contributed by atoms with E-state index in [1.54, 1.807) is 0 Å². The van der Waals surface area contributed by atoms with Crippen molar-refractivity contribution in [3.63, 3.8) is 0 Å². The lowest BCUT2D eigenvalue weighted by molar-refractivity contribution is -0.149. The molecule has 0 aliphatic heterocycles. The molecule has 0 unspecified atom stereocenters. The number of hydrogen-bond donors (Lipinski definition) is 1. The fourth-order valence-electron chi connectivity index (χ4n) is 1.68. The zero-order valence-electron chi connectivity index (χ0n) is 10.3. The van der Waals surface area contributed by atoms with Crippen molar-refractivity contribution in [1.29, 1.82) is 0 Å². The normalized spacial score (nSPS) is 10.1. The molecule has 0 rings (SSSR count). The number of rotatable bonds is 12. The second-order valence-electron chi connectivity index (χ2n) is 4.26. The molecule has 0 heterocycles. The number of carbonyl (C=O) groups excluding carboxylic acids is 2. The smallest absolute Gasteiger partial charge is 0.372 e. The van der Waals surface area contributed by atoms with E-state index in [9.17, 15) is 14.4 Å². The van der Waals surface area contributed by atoms with Gasteiger partial charge in [-0.2, -0.15) is 0 Å². The van der Waals surface area contributed by atoms with Crippen molar-refractivity contribution >= 4 is 18.0 Å². The Bertz CT molecular complexity index is 236. The van der Waals surface area contributed by atoms with Crippen LogP contribution in [0, 0.1) is 0 Å². The Morgan fingerprint density at radius 2 is 1.29 bits per heavy atom. The molecule has 0 spiro atoms. The van der Waals surface area contributed by atoms with E-state index in [0.29, 0.717) is 12.8 Å². The molecular weight excluding hydrogens is 220 g/mol. The van der Waals surface area contributed by atoms with Crippen molar-refractivity contribution in [1.82, 2.24) is 0 Å². The summed E-state index contributed by atoms with van der Waals surface area (Å²) in [5, 5.41) is 8.35. The Balaban J connectivity index is 3.11. The number of carboxylic acid groups (broad SMARTS) is 1. The largest absolute Gasteiger partial charge is 0.476 e. The Kier molecular flexibility index (Phi) is 10.5. The van der Waals surface area contributed by atoms with Crippen molar-refractivity contribution in [2.75, 3.05) is 0 Å². The van der Waals surface area contributed by atoms with Gasteiger partial charge in [0.05, 0.1) is 0 Å². The quantitative estimate of drug-likeness (QED) is 0.324. The van der Waals surface area contributed by atoms with Gasteiger partial charge in [0.25, 0.3) is 0 Å². The van der Waals surface area contributed by atoms with Crippen molar-refractivity contribution < 1.29 is 19.5 Å². The lowest BCUT2D eigenvalue weighted by atomic mass is 10.1. The van der Waals surface area contributed by atoms with Gasteiger partial charge in [-0.05, 0) is 12.8 Å². The van der Waals surface area contributed by atoms with E-state index >= 15 is 0 Å². The summed E-state index contributed by atoms with van der Waals surface area (Å²) in [6, 6.07) is 0. The first-order valence-electron chi connectivity index (χ1n) is 6.38. The second kappa shape index (κ2) is 11.3. The average molecular weight is 242 g/mol. The second-order valence-corrected chi connectivity index (χ2v) is 4.26. The third kappa shape index (κ3) is 11.1. The van der Waals surface area contributed by atoms with Crippen LogP contribution in [0.4, 0.5) is 0 Å². The molecule has 0 atom stereocenters. The minimum absolute atomic E-state index is 0.161. The number of Topliss-reactive ketones (excluding diaryl/α,β-unsaturated/α-hetero) is 1. The van der Waals surface area contributed by atoms with Crippen molar-refractivity contribution in [2.24, 2.45) is 0 Å². The Labute approximate surface area is 102 Å². The van der Waals surface area contributed by atoms with Crippen LogP contribution in [0.15, 0.2) is 0 Å². The van der Waals surface area contributed by atoms with Crippen LogP contribution in [0.3, 0.4) is 0 Å². The Morgan fingerprint density at radius 1 is 0.824 bits per heavy atom. The minimum atomic E-state index is -1.32. The SMILES string of the molecule is O=CCCCCCCCCCCC(=O)C(=O)O. The zero-order chi connectivity index (χ0) is 12.9. The molecule has 4 heteroatoms.